The summed E-state index contributed by atoms with van der Waals surface area (Å²) in [5.74, 6) is 0.0826. The molecule has 2 rings (SSSR count). The van der Waals surface area contributed by atoms with Gasteiger partial charge in [-0.05, 0) is 6.92 Å². The highest BCUT2D eigenvalue weighted by molar-refractivity contribution is 7.13. The standard InChI is InChI=1S/C11H17N3O2S/c1-9-12-8-10(17-9)11(16)14-4-2-13(3-5-14)6-7-15/h8,15H,2-7H2,1H3. The molecule has 0 aliphatic carbocycles. The largest absolute Gasteiger partial charge is 0.395 e. The Hall–Kier alpha value is -0.980. The minimum absolute atomic E-state index is 0.0826. The average Bonchev–Trinajstić information content (AvgIpc) is 2.76. The Morgan fingerprint density at radius 2 is 2.18 bits per heavy atom. The van der Waals surface area contributed by atoms with E-state index >= 15 is 0 Å². The number of hydrogen-bond donors (Lipinski definition) is 1. The van der Waals surface area contributed by atoms with Crippen molar-refractivity contribution in [1.29, 1.82) is 0 Å². The van der Waals surface area contributed by atoms with Gasteiger partial charge in [0.1, 0.15) is 4.88 Å². The van der Waals surface area contributed by atoms with Crippen LogP contribution in [0.15, 0.2) is 6.20 Å². The van der Waals surface area contributed by atoms with Crippen LogP contribution in [0.2, 0.25) is 0 Å². The zero-order valence-electron chi connectivity index (χ0n) is 9.93. The van der Waals surface area contributed by atoms with Gasteiger partial charge in [-0.15, -0.1) is 11.3 Å². The number of rotatable bonds is 3. The smallest absolute Gasteiger partial charge is 0.265 e. The number of aliphatic hydroxyl groups is 1. The zero-order chi connectivity index (χ0) is 12.3. The number of aromatic nitrogens is 1. The minimum Gasteiger partial charge on any atom is -0.395 e. The SMILES string of the molecule is Cc1ncc(C(=O)N2CCN(CCO)CC2)s1. The van der Waals surface area contributed by atoms with Crippen molar-refractivity contribution in [2.45, 2.75) is 6.92 Å². The van der Waals surface area contributed by atoms with E-state index in [0.29, 0.717) is 6.54 Å². The molecular formula is C11H17N3O2S. The van der Waals surface area contributed by atoms with Gasteiger partial charge in [0.05, 0.1) is 17.8 Å². The van der Waals surface area contributed by atoms with E-state index in [2.05, 4.69) is 9.88 Å². The van der Waals surface area contributed by atoms with E-state index in [0.717, 1.165) is 36.1 Å². The Kier molecular flexibility index (Phi) is 4.09. The van der Waals surface area contributed by atoms with E-state index in [9.17, 15) is 4.79 Å². The minimum atomic E-state index is 0.0826. The van der Waals surface area contributed by atoms with Crippen LogP contribution in [-0.2, 0) is 0 Å². The Bertz CT molecular complexity index is 386. The molecule has 0 saturated carbocycles. The third-order valence-corrected chi connectivity index (χ3v) is 3.81. The van der Waals surface area contributed by atoms with Crippen LogP contribution in [0.25, 0.3) is 0 Å². The van der Waals surface area contributed by atoms with Crippen LogP contribution in [0.5, 0.6) is 0 Å². The molecule has 1 amide bonds. The summed E-state index contributed by atoms with van der Waals surface area (Å²) in [6.45, 7) is 5.92. The maximum absolute atomic E-state index is 12.1. The van der Waals surface area contributed by atoms with Crippen LogP contribution in [0.1, 0.15) is 14.7 Å². The first-order chi connectivity index (χ1) is 8.20. The van der Waals surface area contributed by atoms with Crippen LogP contribution < -0.4 is 0 Å². The highest BCUT2D eigenvalue weighted by Crippen LogP contribution is 2.15. The molecule has 6 heteroatoms. The van der Waals surface area contributed by atoms with Gasteiger partial charge >= 0.3 is 0 Å². The molecule has 17 heavy (non-hydrogen) atoms. The number of thiazole rings is 1. The summed E-state index contributed by atoms with van der Waals surface area (Å²) >= 11 is 1.44. The molecule has 0 spiro atoms. The highest BCUT2D eigenvalue weighted by atomic mass is 32.1. The van der Waals surface area contributed by atoms with Gasteiger partial charge in [0.15, 0.2) is 0 Å². The summed E-state index contributed by atoms with van der Waals surface area (Å²) in [5, 5.41) is 9.77. The second-order valence-electron chi connectivity index (χ2n) is 4.10. The lowest BCUT2D eigenvalue weighted by molar-refractivity contribution is 0.0619. The molecule has 0 bridgehead atoms. The topological polar surface area (TPSA) is 56.7 Å². The summed E-state index contributed by atoms with van der Waals surface area (Å²) < 4.78 is 0. The van der Waals surface area contributed by atoms with Crippen molar-refractivity contribution in [2.24, 2.45) is 0 Å². The van der Waals surface area contributed by atoms with Crippen molar-refractivity contribution < 1.29 is 9.90 Å². The number of carbonyl (C=O) groups excluding carboxylic acids is 1. The van der Waals surface area contributed by atoms with Gasteiger partial charge in [0, 0.05) is 32.7 Å². The summed E-state index contributed by atoms with van der Waals surface area (Å²) in [6.07, 6.45) is 1.66. The van der Waals surface area contributed by atoms with E-state index in [1.807, 2.05) is 11.8 Å². The fourth-order valence-electron chi connectivity index (χ4n) is 1.93. The maximum Gasteiger partial charge on any atom is 0.265 e. The van der Waals surface area contributed by atoms with E-state index < -0.39 is 0 Å². The molecule has 2 heterocycles. The van der Waals surface area contributed by atoms with Crippen molar-refractivity contribution >= 4 is 17.2 Å². The van der Waals surface area contributed by atoms with Crippen molar-refractivity contribution in [3.63, 3.8) is 0 Å². The second-order valence-corrected chi connectivity index (χ2v) is 5.34. The van der Waals surface area contributed by atoms with Crippen molar-refractivity contribution in [2.75, 3.05) is 39.3 Å². The van der Waals surface area contributed by atoms with Gasteiger partial charge in [-0.2, -0.15) is 0 Å². The quantitative estimate of drug-likeness (QED) is 0.838. The number of aryl methyl sites for hydroxylation is 1. The van der Waals surface area contributed by atoms with Gasteiger partial charge in [-0.25, -0.2) is 4.98 Å². The van der Waals surface area contributed by atoms with Gasteiger partial charge in [0.25, 0.3) is 5.91 Å². The third-order valence-electron chi connectivity index (χ3n) is 2.91. The molecule has 1 aliphatic rings. The van der Waals surface area contributed by atoms with E-state index in [4.69, 9.17) is 5.11 Å². The average molecular weight is 255 g/mol. The van der Waals surface area contributed by atoms with Gasteiger partial charge in [-0.1, -0.05) is 0 Å². The lowest BCUT2D eigenvalue weighted by atomic mass is 10.3. The van der Waals surface area contributed by atoms with Crippen LogP contribution in [0, 0.1) is 6.92 Å². The lowest BCUT2D eigenvalue weighted by Crippen LogP contribution is -2.49. The van der Waals surface area contributed by atoms with E-state index in [1.165, 1.54) is 11.3 Å². The van der Waals surface area contributed by atoms with Crippen LogP contribution in [0.3, 0.4) is 0 Å². The zero-order valence-corrected chi connectivity index (χ0v) is 10.7. The number of piperazine rings is 1. The van der Waals surface area contributed by atoms with Crippen molar-refractivity contribution in [3.05, 3.63) is 16.1 Å². The fourth-order valence-corrected chi connectivity index (χ4v) is 2.68. The monoisotopic (exact) mass is 255 g/mol. The summed E-state index contributed by atoms with van der Waals surface area (Å²) in [6, 6.07) is 0. The van der Waals surface area contributed by atoms with Gasteiger partial charge in [0.2, 0.25) is 0 Å². The predicted molar refractivity (Wildman–Crippen MR) is 66.3 cm³/mol. The first kappa shape index (κ1) is 12.5. The van der Waals surface area contributed by atoms with Gasteiger partial charge < -0.3 is 10.0 Å². The Morgan fingerprint density at radius 1 is 1.47 bits per heavy atom. The lowest BCUT2D eigenvalue weighted by Gasteiger charge is -2.34. The van der Waals surface area contributed by atoms with Gasteiger partial charge in [-0.3, -0.25) is 9.69 Å². The summed E-state index contributed by atoms with van der Waals surface area (Å²) in [7, 11) is 0. The molecule has 0 radical (unpaired) electrons. The number of hydrogen-bond acceptors (Lipinski definition) is 5. The molecule has 0 unspecified atom stereocenters. The number of amides is 1. The first-order valence-electron chi connectivity index (χ1n) is 5.75. The normalized spacial score (nSPS) is 17.4. The number of nitrogens with zero attached hydrogens (tertiary/aromatic N) is 3. The molecular weight excluding hydrogens is 238 g/mol. The number of aliphatic hydroxyl groups excluding tert-OH is 1. The molecule has 5 nitrogen and oxygen atoms in total. The van der Waals surface area contributed by atoms with Crippen molar-refractivity contribution in [3.8, 4) is 0 Å². The van der Waals surface area contributed by atoms with Crippen LogP contribution in [0.4, 0.5) is 0 Å². The van der Waals surface area contributed by atoms with E-state index in [-0.39, 0.29) is 12.5 Å². The Balaban J connectivity index is 1.90. The summed E-state index contributed by atoms with van der Waals surface area (Å²) in [5.41, 5.74) is 0. The summed E-state index contributed by atoms with van der Waals surface area (Å²) in [4.78, 5) is 21.0. The number of β-amino-alcohol motifs (C(OH)–C–C–N with tert-alkyl or cyclic N) is 1. The van der Waals surface area contributed by atoms with E-state index in [1.54, 1.807) is 6.20 Å². The predicted octanol–water partition coefficient (Wildman–Crippen LogP) is 0.202. The molecule has 1 aromatic heterocycles. The second kappa shape index (κ2) is 5.57. The molecule has 1 aliphatic heterocycles. The number of carbonyl (C=O) groups is 1. The molecule has 94 valence electrons. The van der Waals surface area contributed by atoms with Crippen molar-refractivity contribution in [1.82, 2.24) is 14.8 Å². The molecule has 0 aromatic carbocycles. The molecule has 1 N–H and O–H groups in total. The van der Waals surface area contributed by atoms with Crippen LogP contribution in [-0.4, -0.2) is 65.1 Å². The van der Waals surface area contributed by atoms with Crippen LogP contribution >= 0.6 is 11.3 Å². The highest BCUT2D eigenvalue weighted by Gasteiger charge is 2.22. The molecule has 1 saturated heterocycles. The fraction of sp³-hybridized carbons (Fsp3) is 0.636. The molecule has 1 aromatic rings. The first-order valence-corrected chi connectivity index (χ1v) is 6.57. The molecule has 1 fully saturated rings. The molecule has 0 atom stereocenters. The Morgan fingerprint density at radius 3 is 2.71 bits per heavy atom. The Labute approximate surface area is 105 Å². The third kappa shape index (κ3) is 3.02. The maximum atomic E-state index is 12.1.